The number of thioether (sulfide) groups is 1. The molecule has 1 heterocycles. The lowest BCUT2D eigenvalue weighted by Gasteiger charge is -2.10. The number of amides is 2. The summed E-state index contributed by atoms with van der Waals surface area (Å²) in [6, 6.07) is 8.86. The van der Waals surface area contributed by atoms with E-state index in [4.69, 9.17) is 23.2 Å². The molecule has 0 aliphatic rings. The molecule has 2 N–H and O–H groups in total. The van der Waals surface area contributed by atoms with Crippen LogP contribution in [0.3, 0.4) is 0 Å². The summed E-state index contributed by atoms with van der Waals surface area (Å²) in [5.74, 6) is -0.551. The zero-order chi connectivity index (χ0) is 24.2. The van der Waals surface area contributed by atoms with Gasteiger partial charge in [-0.25, -0.2) is 0 Å². The number of alkyl halides is 3. The molecule has 0 spiro atoms. The smallest absolute Gasteiger partial charge is 0.345 e. The van der Waals surface area contributed by atoms with Crippen molar-refractivity contribution in [3.8, 4) is 0 Å². The molecular formula is C20H16Cl2F3N5O2S. The summed E-state index contributed by atoms with van der Waals surface area (Å²) >= 11 is 12.8. The van der Waals surface area contributed by atoms with E-state index in [9.17, 15) is 22.8 Å². The fourth-order valence-electron chi connectivity index (χ4n) is 2.62. The number of carbonyl (C=O) groups excluding carboxylic acids is 2. The van der Waals surface area contributed by atoms with Gasteiger partial charge in [0.05, 0.1) is 27.9 Å². The minimum absolute atomic E-state index is 0.0408. The Hall–Kier alpha value is -2.76. The zero-order valence-corrected chi connectivity index (χ0v) is 19.2. The highest BCUT2D eigenvalue weighted by molar-refractivity contribution is 7.99. The number of hydrogen-bond donors (Lipinski definition) is 2. The number of nitrogens with zero attached hydrogens (tertiary/aromatic N) is 3. The van der Waals surface area contributed by atoms with Crippen LogP contribution in [-0.4, -0.2) is 32.3 Å². The van der Waals surface area contributed by atoms with Crippen LogP contribution in [0.25, 0.3) is 0 Å². The third-order valence-electron chi connectivity index (χ3n) is 4.32. The average molecular weight is 518 g/mol. The van der Waals surface area contributed by atoms with Crippen LogP contribution in [0.5, 0.6) is 0 Å². The SMILES string of the molecule is Cn1c(CNC(=O)c2ccc(Cl)c(Cl)c2)nnc1SCC(=O)Nc1cccc(C(F)(F)F)c1. The Balaban J connectivity index is 1.54. The monoisotopic (exact) mass is 517 g/mol. The molecule has 0 atom stereocenters. The van der Waals surface area contributed by atoms with Gasteiger partial charge in [-0.2, -0.15) is 13.2 Å². The van der Waals surface area contributed by atoms with Crippen LogP contribution in [0.1, 0.15) is 21.7 Å². The van der Waals surface area contributed by atoms with Crippen LogP contribution in [0, 0.1) is 0 Å². The summed E-state index contributed by atoms with van der Waals surface area (Å²) in [4.78, 5) is 24.4. The van der Waals surface area contributed by atoms with E-state index in [1.807, 2.05) is 0 Å². The molecular weight excluding hydrogens is 502 g/mol. The summed E-state index contributed by atoms with van der Waals surface area (Å²) in [5.41, 5.74) is -0.486. The summed E-state index contributed by atoms with van der Waals surface area (Å²) in [6.07, 6.45) is -4.50. The third-order valence-corrected chi connectivity index (χ3v) is 6.08. The van der Waals surface area contributed by atoms with Gasteiger partial charge in [0.1, 0.15) is 0 Å². The number of nitrogens with one attached hydrogen (secondary N) is 2. The van der Waals surface area contributed by atoms with E-state index in [-0.39, 0.29) is 28.9 Å². The Morgan fingerprint density at radius 1 is 1.09 bits per heavy atom. The number of benzene rings is 2. The van der Waals surface area contributed by atoms with Crippen LogP contribution in [-0.2, 0) is 24.6 Å². The molecule has 0 saturated heterocycles. The normalized spacial score (nSPS) is 11.3. The van der Waals surface area contributed by atoms with E-state index in [1.165, 1.54) is 30.3 Å². The summed E-state index contributed by atoms with van der Waals surface area (Å²) in [6.45, 7) is 0.0690. The summed E-state index contributed by atoms with van der Waals surface area (Å²) in [7, 11) is 1.66. The van der Waals surface area contributed by atoms with Crippen LogP contribution < -0.4 is 10.6 Å². The quantitative estimate of drug-likeness (QED) is 0.439. The predicted molar refractivity (Wildman–Crippen MR) is 119 cm³/mol. The molecule has 3 rings (SSSR count). The Bertz CT molecular complexity index is 1190. The second kappa shape index (κ2) is 10.4. The lowest BCUT2D eigenvalue weighted by molar-refractivity contribution is -0.137. The lowest BCUT2D eigenvalue weighted by atomic mass is 10.2. The number of aromatic nitrogens is 3. The van der Waals surface area contributed by atoms with Crippen molar-refractivity contribution >= 4 is 52.5 Å². The Labute approximate surface area is 200 Å². The first-order valence-corrected chi connectivity index (χ1v) is 11.0. The predicted octanol–water partition coefficient (Wildman–Crippen LogP) is 4.80. The number of carbonyl (C=O) groups is 2. The van der Waals surface area contributed by atoms with Gasteiger partial charge in [-0.05, 0) is 36.4 Å². The average Bonchev–Trinajstić information content (AvgIpc) is 3.11. The molecule has 3 aromatic rings. The van der Waals surface area contributed by atoms with Crippen molar-refractivity contribution in [2.45, 2.75) is 17.9 Å². The molecule has 2 aromatic carbocycles. The molecule has 0 unspecified atom stereocenters. The van der Waals surface area contributed by atoms with Gasteiger partial charge in [-0.3, -0.25) is 9.59 Å². The Kier molecular flexibility index (Phi) is 7.88. The molecule has 1 aromatic heterocycles. The van der Waals surface area contributed by atoms with Crippen LogP contribution in [0.4, 0.5) is 18.9 Å². The number of halogens is 5. The minimum Gasteiger partial charge on any atom is -0.345 e. The van der Waals surface area contributed by atoms with Crippen LogP contribution in [0.15, 0.2) is 47.6 Å². The molecule has 0 radical (unpaired) electrons. The van der Waals surface area contributed by atoms with E-state index in [2.05, 4.69) is 20.8 Å². The van der Waals surface area contributed by atoms with Gasteiger partial charge in [-0.15, -0.1) is 10.2 Å². The second-order valence-corrected chi connectivity index (χ2v) is 8.44. The lowest BCUT2D eigenvalue weighted by Crippen LogP contribution is -2.24. The van der Waals surface area contributed by atoms with E-state index >= 15 is 0 Å². The van der Waals surface area contributed by atoms with Crippen molar-refractivity contribution in [1.82, 2.24) is 20.1 Å². The molecule has 13 heteroatoms. The van der Waals surface area contributed by atoms with E-state index in [1.54, 1.807) is 11.6 Å². The van der Waals surface area contributed by atoms with Crippen molar-refractivity contribution in [2.75, 3.05) is 11.1 Å². The minimum atomic E-state index is -4.50. The van der Waals surface area contributed by atoms with Crippen molar-refractivity contribution in [1.29, 1.82) is 0 Å². The van der Waals surface area contributed by atoms with Crippen LogP contribution >= 0.6 is 35.0 Å². The highest BCUT2D eigenvalue weighted by Gasteiger charge is 2.30. The standard InChI is InChI=1S/C20H16Cl2F3N5O2S/c1-30-16(9-26-18(32)11-5-6-14(21)15(22)7-11)28-29-19(30)33-10-17(31)27-13-4-2-3-12(8-13)20(23,24)25/h2-8H,9-10H2,1H3,(H,26,32)(H,27,31). The first kappa shape index (κ1) is 24.9. The summed E-state index contributed by atoms with van der Waals surface area (Å²) in [5, 5.41) is 14.1. The first-order valence-electron chi connectivity index (χ1n) is 9.26. The van der Waals surface area contributed by atoms with Gasteiger partial charge in [-0.1, -0.05) is 41.0 Å². The van der Waals surface area contributed by atoms with Gasteiger partial charge < -0.3 is 15.2 Å². The van der Waals surface area contributed by atoms with Gasteiger partial charge >= 0.3 is 6.18 Å². The molecule has 0 aliphatic carbocycles. The maximum atomic E-state index is 12.8. The van der Waals surface area contributed by atoms with Gasteiger partial charge in [0.2, 0.25) is 5.91 Å². The molecule has 0 bridgehead atoms. The Morgan fingerprint density at radius 3 is 2.55 bits per heavy atom. The number of anilines is 1. The number of rotatable bonds is 7. The highest BCUT2D eigenvalue weighted by atomic mass is 35.5. The molecule has 0 fully saturated rings. The van der Waals surface area contributed by atoms with Gasteiger partial charge in [0.25, 0.3) is 5.91 Å². The summed E-state index contributed by atoms with van der Waals surface area (Å²) < 4.78 is 40.0. The van der Waals surface area contributed by atoms with Crippen molar-refractivity contribution in [2.24, 2.45) is 7.05 Å². The van der Waals surface area contributed by atoms with E-state index < -0.39 is 17.6 Å². The second-order valence-electron chi connectivity index (χ2n) is 6.68. The fraction of sp³-hybridized carbons (Fsp3) is 0.200. The molecule has 33 heavy (non-hydrogen) atoms. The highest BCUT2D eigenvalue weighted by Crippen LogP contribution is 2.30. The molecule has 0 saturated carbocycles. The van der Waals surface area contributed by atoms with E-state index in [0.717, 1.165) is 23.9 Å². The maximum Gasteiger partial charge on any atom is 0.416 e. The largest absolute Gasteiger partial charge is 0.416 e. The third kappa shape index (κ3) is 6.62. The van der Waals surface area contributed by atoms with Gasteiger partial charge in [0, 0.05) is 18.3 Å². The van der Waals surface area contributed by atoms with Crippen molar-refractivity contribution in [3.05, 3.63) is 69.5 Å². The maximum absolute atomic E-state index is 12.8. The van der Waals surface area contributed by atoms with Crippen molar-refractivity contribution < 1.29 is 22.8 Å². The molecule has 2 amide bonds. The molecule has 174 valence electrons. The Morgan fingerprint density at radius 2 is 1.85 bits per heavy atom. The first-order chi connectivity index (χ1) is 15.5. The molecule has 7 nitrogen and oxygen atoms in total. The van der Waals surface area contributed by atoms with Crippen LogP contribution in [0.2, 0.25) is 10.0 Å². The zero-order valence-electron chi connectivity index (χ0n) is 16.9. The fourth-order valence-corrected chi connectivity index (χ4v) is 3.65. The van der Waals surface area contributed by atoms with E-state index in [0.29, 0.717) is 21.6 Å². The topological polar surface area (TPSA) is 88.9 Å². The van der Waals surface area contributed by atoms with Gasteiger partial charge in [0.15, 0.2) is 11.0 Å². The van der Waals surface area contributed by atoms with Crippen molar-refractivity contribution in [3.63, 3.8) is 0 Å². The molecule has 0 aliphatic heterocycles. The number of hydrogen-bond acceptors (Lipinski definition) is 5.